The van der Waals surface area contributed by atoms with Crippen molar-refractivity contribution in [3.63, 3.8) is 0 Å². The van der Waals surface area contributed by atoms with Crippen molar-refractivity contribution in [1.82, 2.24) is 0 Å². The Kier molecular flexibility index (Phi) is 5.43. The van der Waals surface area contributed by atoms with Gasteiger partial charge in [-0.15, -0.1) is 6.58 Å². The number of hydrogen-bond acceptors (Lipinski definition) is 0. The molecule has 0 spiro atoms. The first-order valence-electron chi connectivity index (χ1n) is 6.36. The fourth-order valence-corrected chi connectivity index (χ4v) is 3.65. The molecule has 0 radical (unpaired) electrons. The van der Waals surface area contributed by atoms with E-state index in [9.17, 15) is 0 Å². The summed E-state index contributed by atoms with van der Waals surface area (Å²) in [5, 5.41) is 0. The van der Waals surface area contributed by atoms with Gasteiger partial charge < -0.3 is 0 Å². The van der Waals surface area contributed by atoms with Crippen molar-refractivity contribution in [3.8, 4) is 0 Å². The van der Waals surface area contributed by atoms with E-state index in [1.165, 1.54) is 12.0 Å². The maximum atomic E-state index is 3.88. The summed E-state index contributed by atoms with van der Waals surface area (Å²) in [6.07, 6.45) is 8.95. The third-order valence-corrected chi connectivity index (χ3v) is 6.13. The second-order valence-corrected chi connectivity index (χ2v) is 11.2. The molecule has 1 atom stereocenters. The van der Waals surface area contributed by atoms with Crippen LogP contribution < -0.4 is 0 Å². The summed E-state index contributed by atoms with van der Waals surface area (Å²) in [5.41, 5.74) is 2.10. The highest BCUT2D eigenvalue weighted by atomic mass is 28.3. The van der Waals surface area contributed by atoms with Gasteiger partial charge in [-0.05, 0) is 23.9 Å². The lowest BCUT2D eigenvalue weighted by atomic mass is 10.1. The van der Waals surface area contributed by atoms with Crippen LogP contribution in [0.4, 0.5) is 0 Å². The Balaban J connectivity index is 2.58. The van der Waals surface area contributed by atoms with E-state index in [1.54, 1.807) is 0 Å². The molecule has 1 heteroatoms. The Morgan fingerprint density at radius 3 is 2.29 bits per heavy atom. The molecule has 0 nitrogen and oxygen atoms in total. The number of rotatable bonds is 6. The van der Waals surface area contributed by atoms with Crippen molar-refractivity contribution in [2.24, 2.45) is 0 Å². The van der Waals surface area contributed by atoms with Gasteiger partial charge >= 0.3 is 0 Å². The number of allylic oxidation sites excluding steroid dienone is 2. The predicted molar refractivity (Wildman–Crippen MR) is 82.0 cm³/mol. The molecule has 1 aromatic rings. The largest absolute Gasteiger partial charge is 0.103 e. The average Bonchev–Trinajstić information content (AvgIpc) is 2.28. The lowest BCUT2D eigenvalue weighted by Gasteiger charge is -2.26. The van der Waals surface area contributed by atoms with Gasteiger partial charge in [0.2, 0.25) is 0 Å². The third kappa shape index (κ3) is 5.18. The van der Waals surface area contributed by atoms with Crippen LogP contribution in [0.2, 0.25) is 25.2 Å². The Morgan fingerprint density at radius 1 is 1.12 bits per heavy atom. The molecule has 0 saturated carbocycles. The molecule has 0 N–H and O–H groups in total. The van der Waals surface area contributed by atoms with Crippen LogP contribution in [-0.4, -0.2) is 8.07 Å². The zero-order valence-corrected chi connectivity index (χ0v) is 12.3. The van der Waals surface area contributed by atoms with Gasteiger partial charge in [-0.2, -0.15) is 0 Å². The van der Waals surface area contributed by atoms with Gasteiger partial charge in [0.25, 0.3) is 0 Å². The Morgan fingerprint density at radius 2 is 1.76 bits per heavy atom. The topological polar surface area (TPSA) is 0 Å². The highest BCUT2D eigenvalue weighted by Gasteiger charge is 2.23. The minimum Gasteiger partial charge on any atom is -0.103 e. The molecule has 0 amide bonds. The molecule has 0 heterocycles. The lowest BCUT2D eigenvalue weighted by molar-refractivity contribution is 0.828. The van der Waals surface area contributed by atoms with Crippen molar-refractivity contribution in [2.75, 3.05) is 0 Å². The van der Waals surface area contributed by atoms with Gasteiger partial charge in [0.05, 0.1) is 0 Å². The molecule has 0 saturated heterocycles. The molecule has 0 aliphatic rings. The molecular formula is C16H24Si. The summed E-state index contributed by atoms with van der Waals surface area (Å²) in [4.78, 5) is 0. The molecule has 0 aliphatic heterocycles. The van der Waals surface area contributed by atoms with Crippen molar-refractivity contribution in [3.05, 3.63) is 54.6 Å². The van der Waals surface area contributed by atoms with Crippen LogP contribution >= 0.6 is 0 Å². The number of hydrogen-bond donors (Lipinski definition) is 0. The predicted octanol–water partition coefficient (Wildman–Crippen LogP) is 5.37. The van der Waals surface area contributed by atoms with Crippen LogP contribution in [0.1, 0.15) is 18.4 Å². The summed E-state index contributed by atoms with van der Waals surface area (Å²) in [5.74, 6) is 0. The quantitative estimate of drug-likeness (QED) is 0.466. The molecule has 1 rings (SSSR count). The molecule has 0 fully saturated rings. The van der Waals surface area contributed by atoms with Gasteiger partial charge in [0.15, 0.2) is 0 Å². The summed E-state index contributed by atoms with van der Waals surface area (Å²) >= 11 is 0. The maximum Gasteiger partial charge on any atom is 0.0479 e. The van der Waals surface area contributed by atoms with Gasteiger partial charge in [-0.3, -0.25) is 0 Å². The summed E-state index contributed by atoms with van der Waals surface area (Å²) in [6.45, 7) is 11.2. The molecule has 1 unspecified atom stereocenters. The van der Waals surface area contributed by atoms with Gasteiger partial charge in [-0.1, -0.05) is 68.2 Å². The zero-order valence-electron chi connectivity index (χ0n) is 11.3. The van der Waals surface area contributed by atoms with Crippen molar-refractivity contribution in [2.45, 2.75) is 38.0 Å². The van der Waals surface area contributed by atoms with E-state index in [-0.39, 0.29) is 0 Å². The molecule has 92 valence electrons. The van der Waals surface area contributed by atoms with E-state index < -0.39 is 8.07 Å². The van der Waals surface area contributed by atoms with Crippen molar-refractivity contribution in [1.29, 1.82) is 0 Å². The Hall–Kier alpha value is -1.08. The fourth-order valence-electron chi connectivity index (χ4n) is 1.94. The second-order valence-electron chi connectivity index (χ2n) is 5.64. The van der Waals surface area contributed by atoms with Gasteiger partial charge in [0, 0.05) is 8.07 Å². The summed E-state index contributed by atoms with van der Waals surface area (Å²) < 4.78 is 0. The van der Waals surface area contributed by atoms with E-state index in [0.717, 1.165) is 12.0 Å². The van der Waals surface area contributed by atoms with Crippen molar-refractivity contribution < 1.29 is 0 Å². The molecule has 0 aromatic heterocycles. The summed E-state index contributed by atoms with van der Waals surface area (Å²) in [6, 6.07) is 10.5. The average molecular weight is 244 g/mol. The van der Waals surface area contributed by atoms with Crippen LogP contribution in [0.15, 0.2) is 49.1 Å². The normalized spacial score (nSPS) is 13.8. The molecule has 0 bridgehead atoms. The van der Waals surface area contributed by atoms with E-state index in [1.807, 2.05) is 0 Å². The minimum absolute atomic E-state index is 0.806. The van der Waals surface area contributed by atoms with Crippen LogP contribution in [0.5, 0.6) is 0 Å². The van der Waals surface area contributed by atoms with E-state index in [0.29, 0.717) is 0 Å². The van der Waals surface area contributed by atoms with Gasteiger partial charge in [0.1, 0.15) is 0 Å². The highest BCUT2D eigenvalue weighted by molar-refractivity contribution is 6.77. The van der Waals surface area contributed by atoms with Gasteiger partial charge in [-0.25, -0.2) is 0 Å². The van der Waals surface area contributed by atoms with E-state index >= 15 is 0 Å². The lowest BCUT2D eigenvalue weighted by Crippen LogP contribution is -2.27. The Bertz CT molecular complexity index is 357. The highest BCUT2D eigenvalue weighted by Crippen LogP contribution is 2.29. The first-order chi connectivity index (χ1) is 8.04. The van der Waals surface area contributed by atoms with Crippen LogP contribution in [0.25, 0.3) is 6.08 Å². The Labute approximate surface area is 107 Å². The second kappa shape index (κ2) is 6.60. The molecule has 1 aromatic carbocycles. The first-order valence-corrected chi connectivity index (χ1v) is 9.94. The van der Waals surface area contributed by atoms with Crippen LogP contribution in [0, 0.1) is 0 Å². The monoisotopic (exact) mass is 244 g/mol. The van der Waals surface area contributed by atoms with E-state index in [4.69, 9.17) is 0 Å². The summed E-state index contributed by atoms with van der Waals surface area (Å²) in [7, 11) is -1.07. The first kappa shape index (κ1) is 14.0. The third-order valence-electron chi connectivity index (χ3n) is 3.21. The number of benzene rings is 1. The fraction of sp³-hybridized carbons (Fsp3) is 0.375. The maximum absolute atomic E-state index is 3.88. The van der Waals surface area contributed by atoms with Crippen molar-refractivity contribution >= 4 is 14.1 Å². The van der Waals surface area contributed by atoms with Crippen LogP contribution in [0.3, 0.4) is 0 Å². The minimum atomic E-state index is -1.07. The van der Waals surface area contributed by atoms with E-state index in [2.05, 4.69) is 74.8 Å². The molecule has 0 aliphatic carbocycles. The van der Waals surface area contributed by atoms with Crippen LogP contribution in [-0.2, 0) is 0 Å². The zero-order chi connectivity index (χ0) is 12.7. The smallest absolute Gasteiger partial charge is 0.0479 e. The molecule has 17 heavy (non-hydrogen) atoms. The SMILES string of the molecule is C=CCC(C/C=C/c1ccccc1)[Si](C)(C)C. The standard InChI is InChI=1S/C16H24Si/c1-5-10-16(17(2,3)4)14-9-13-15-11-7-6-8-12-15/h5-9,11-13,16H,1,10,14H2,2-4H3/b13-9+. The molecular weight excluding hydrogens is 220 g/mol.